The molecule has 11 heteroatoms. The van der Waals surface area contributed by atoms with Gasteiger partial charge in [0.1, 0.15) is 5.82 Å². The topological polar surface area (TPSA) is 99.9 Å². The maximum atomic E-state index is 13.3. The second-order valence-electron chi connectivity index (χ2n) is 7.19. The van der Waals surface area contributed by atoms with Crippen LogP contribution in [-0.2, 0) is 21.2 Å². The van der Waals surface area contributed by atoms with Crippen LogP contribution in [0, 0.1) is 5.82 Å². The number of amides is 1. The van der Waals surface area contributed by atoms with Crippen LogP contribution >= 0.6 is 0 Å². The molecule has 0 aliphatic carbocycles. The van der Waals surface area contributed by atoms with Crippen LogP contribution in [0.1, 0.15) is 5.56 Å². The van der Waals surface area contributed by atoms with E-state index in [0.29, 0.717) is 43.5 Å². The zero-order valence-electron chi connectivity index (χ0n) is 16.3. The Morgan fingerprint density at radius 2 is 1.83 bits per heavy atom. The van der Waals surface area contributed by atoms with Crippen LogP contribution in [0.2, 0.25) is 0 Å². The number of aromatic nitrogens is 3. The van der Waals surface area contributed by atoms with Crippen LogP contribution in [0.15, 0.2) is 42.9 Å². The van der Waals surface area contributed by atoms with Crippen molar-refractivity contribution in [2.24, 2.45) is 0 Å². The Balaban J connectivity index is 1.33. The fraction of sp³-hybridized carbons (Fsp3) is 0.316. The van der Waals surface area contributed by atoms with Crippen molar-refractivity contribution < 1.29 is 17.6 Å². The van der Waals surface area contributed by atoms with Crippen molar-refractivity contribution in [3.8, 4) is 0 Å². The van der Waals surface area contributed by atoms with Crippen LogP contribution < -0.4 is 9.62 Å². The molecule has 158 valence electrons. The van der Waals surface area contributed by atoms with Gasteiger partial charge in [0.2, 0.25) is 21.7 Å². The second kappa shape index (κ2) is 7.90. The van der Waals surface area contributed by atoms with Gasteiger partial charge in [0.15, 0.2) is 5.82 Å². The molecule has 3 heterocycles. The van der Waals surface area contributed by atoms with Crippen molar-refractivity contribution in [1.29, 1.82) is 0 Å². The van der Waals surface area contributed by atoms with Crippen molar-refractivity contribution in [2.75, 3.05) is 42.1 Å². The lowest BCUT2D eigenvalue weighted by Crippen LogP contribution is -2.49. The van der Waals surface area contributed by atoms with E-state index in [1.165, 1.54) is 6.20 Å². The van der Waals surface area contributed by atoms with Gasteiger partial charge in [-0.2, -0.15) is 4.98 Å². The average Bonchev–Trinajstić information content (AvgIpc) is 3.11. The zero-order chi connectivity index (χ0) is 21.3. The molecule has 1 aliphatic rings. The Bertz CT molecular complexity index is 1170. The Labute approximate surface area is 173 Å². The number of nitrogens with one attached hydrogen (secondary N) is 1. The van der Waals surface area contributed by atoms with Crippen LogP contribution in [0.3, 0.4) is 0 Å². The number of sulfonamides is 1. The fourth-order valence-electron chi connectivity index (χ4n) is 3.38. The van der Waals surface area contributed by atoms with Gasteiger partial charge in [0.05, 0.1) is 25.1 Å². The molecule has 9 nitrogen and oxygen atoms in total. The molecular formula is C19H21FN6O3S. The maximum Gasteiger partial charge on any atom is 0.235 e. The number of piperazine rings is 1. The van der Waals surface area contributed by atoms with Crippen molar-refractivity contribution in [3.05, 3.63) is 54.2 Å². The van der Waals surface area contributed by atoms with E-state index in [1.54, 1.807) is 39.8 Å². The van der Waals surface area contributed by atoms with E-state index in [4.69, 9.17) is 0 Å². The van der Waals surface area contributed by atoms with Crippen molar-refractivity contribution in [1.82, 2.24) is 19.3 Å². The van der Waals surface area contributed by atoms with E-state index in [2.05, 4.69) is 14.7 Å². The second-order valence-corrected chi connectivity index (χ2v) is 8.94. The van der Waals surface area contributed by atoms with Gasteiger partial charge in [-0.1, -0.05) is 12.1 Å². The first kappa shape index (κ1) is 20.1. The zero-order valence-corrected chi connectivity index (χ0v) is 17.1. The number of carbonyl (C=O) groups excluding carboxylic acids is 1. The van der Waals surface area contributed by atoms with Gasteiger partial charge < -0.3 is 9.80 Å². The highest BCUT2D eigenvalue weighted by molar-refractivity contribution is 7.92. The number of imidazole rings is 1. The molecular weight excluding hydrogens is 411 g/mol. The summed E-state index contributed by atoms with van der Waals surface area (Å²) in [5.74, 6) is 0.715. The van der Waals surface area contributed by atoms with Gasteiger partial charge in [-0.3, -0.25) is 13.9 Å². The molecule has 0 spiro atoms. The number of fused-ring (bicyclic) bond motifs is 1. The summed E-state index contributed by atoms with van der Waals surface area (Å²) in [6.45, 7) is 2.36. The Kier molecular flexibility index (Phi) is 5.29. The summed E-state index contributed by atoms with van der Waals surface area (Å²) < 4.78 is 39.8. The van der Waals surface area contributed by atoms with Gasteiger partial charge in [0.25, 0.3) is 0 Å². The van der Waals surface area contributed by atoms with Gasteiger partial charge in [-0.05, 0) is 17.7 Å². The first-order valence-corrected chi connectivity index (χ1v) is 11.3. The number of rotatable bonds is 5. The van der Waals surface area contributed by atoms with E-state index in [1.807, 2.05) is 4.90 Å². The summed E-state index contributed by atoms with van der Waals surface area (Å²) in [5.41, 5.74) is 1.28. The summed E-state index contributed by atoms with van der Waals surface area (Å²) in [6, 6.07) is 6.76. The Morgan fingerprint density at radius 1 is 1.13 bits per heavy atom. The SMILES string of the molecule is CS(=O)(=O)Nc1ccc(CC(=O)N2CCN(c3cn4cc(F)cnc4n3)CC2)cc1. The van der Waals surface area contributed by atoms with Crippen LogP contribution in [-0.4, -0.2) is 66.0 Å². The molecule has 1 N–H and O–H groups in total. The van der Waals surface area contributed by atoms with E-state index >= 15 is 0 Å². The highest BCUT2D eigenvalue weighted by Crippen LogP contribution is 2.17. The third-order valence-electron chi connectivity index (χ3n) is 4.83. The number of carbonyl (C=O) groups is 1. The predicted molar refractivity (Wildman–Crippen MR) is 110 cm³/mol. The molecule has 1 fully saturated rings. The van der Waals surface area contributed by atoms with Gasteiger partial charge in [-0.15, -0.1) is 0 Å². The molecule has 0 radical (unpaired) electrons. The number of hydrogen-bond acceptors (Lipinski definition) is 6. The van der Waals surface area contributed by atoms with E-state index in [0.717, 1.165) is 18.0 Å². The highest BCUT2D eigenvalue weighted by Gasteiger charge is 2.23. The van der Waals surface area contributed by atoms with Crippen LogP contribution in [0.5, 0.6) is 0 Å². The summed E-state index contributed by atoms with van der Waals surface area (Å²) in [6.07, 6.45) is 5.53. The van der Waals surface area contributed by atoms with Gasteiger partial charge in [0, 0.05) is 38.1 Å². The van der Waals surface area contributed by atoms with Crippen molar-refractivity contribution in [3.63, 3.8) is 0 Å². The third kappa shape index (κ3) is 4.67. The lowest BCUT2D eigenvalue weighted by atomic mass is 10.1. The number of hydrogen-bond donors (Lipinski definition) is 1. The van der Waals surface area contributed by atoms with E-state index < -0.39 is 15.8 Å². The lowest BCUT2D eigenvalue weighted by Gasteiger charge is -2.34. The molecule has 1 aromatic carbocycles. The number of nitrogens with zero attached hydrogens (tertiary/aromatic N) is 5. The molecule has 4 rings (SSSR count). The molecule has 3 aromatic rings. The maximum absolute atomic E-state index is 13.3. The van der Waals surface area contributed by atoms with Crippen molar-refractivity contribution >= 4 is 33.2 Å². The normalized spacial score (nSPS) is 14.9. The number of halogens is 1. The third-order valence-corrected chi connectivity index (χ3v) is 5.44. The minimum Gasteiger partial charge on any atom is -0.352 e. The largest absolute Gasteiger partial charge is 0.352 e. The monoisotopic (exact) mass is 432 g/mol. The first-order valence-electron chi connectivity index (χ1n) is 9.36. The Hall–Kier alpha value is -3.21. The summed E-state index contributed by atoms with van der Waals surface area (Å²) >= 11 is 0. The Morgan fingerprint density at radius 3 is 2.50 bits per heavy atom. The van der Waals surface area contributed by atoms with Crippen LogP contribution in [0.4, 0.5) is 15.9 Å². The standard InChI is InChI=1S/C19H21FN6O3S/c1-30(28,29)23-16-4-2-14(3-5-16)10-18(27)25-8-6-24(7-9-25)17-13-26-12-15(20)11-21-19(26)22-17/h2-5,11-13,23H,6-10H2,1H3. The molecule has 1 saturated heterocycles. The molecule has 30 heavy (non-hydrogen) atoms. The predicted octanol–water partition coefficient (Wildman–Crippen LogP) is 1.13. The summed E-state index contributed by atoms with van der Waals surface area (Å²) in [7, 11) is -3.33. The molecule has 2 aromatic heterocycles. The molecule has 0 atom stereocenters. The average molecular weight is 432 g/mol. The molecule has 1 aliphatic heterocycles. The molecule has 0 unspecified atom stereocenters. The van der Waals surface area contributed by atoms with E-state index in [-0.39, 0.29) is 12.3 Å². The molecule has 0 saturated carbocycles. The summed E-state index contributed by atoms with van der Waals surface area (Å²) in [4.78, 5) is 24.8. The number of benzene rings is 1. The highest BCUT2D eigenvalue weighted by atomic mass is 32.2. The molecule has 1 amide bonds. The first-order chi connectivity index (χ1) is 14.3. The quantitative estimate of drug-likeness (QED) is 0.649. The summed E-state index contributed by atoms with van der Waals surface area (Å²) in [5, 5.41) is 0. The lowest BCUT2D eigenvalue weighted by molar-refractivity contribution is -0.130. The minimum absolute atomic E-state index is 0.0113. The van der Waals surface area contributed by atoms with Crippen molar-refractivity contribution in [2.45, 2.75) is 6.42 Å². The smallest absolute Gasteiger partial charge is 0.235 e. The minimum atomic E-state index is -3.33. The number of anilines is 2. The van der Waals surface area contributed by atoms with Crippen LogP contribution in [0.25, 0.3) is 5.78 Å². The van der Waals surface area contributed by atoms with Gasteiger partial charge in [-0.25, -0.2) is 17.8 Å². The van der Waals surface area contributed by atoms with Gasteiger partial charge >= 0.3 is 0 Å². The fourth-order valence-corrected chi connectivity index (χ4v) is 3.94. The molecule has 0 bridgehead atoms. The van der Waals surface area contributed by atoms with E-state index in [9.17, 15) is 17.6 Å².